The number of rotatable bonds is 2. The number of hydrogen-bond acceptors (Lipinski definition) is 2. The van der Waals surface area contributed by atoms with Crippen LogP contribution in [0.2, 0.25) is 0 Å². The summed E-state index contributed by atoms with van der Waals surface area (Å²) in [5.74, 6) is 1.16. The van der Waals surface area contributed by atoms with E-state index in [0.717, 1.165) is 5.69 Å². The van der Waals surface area contributed by atoms with Gasteiger partial charge in [-0.25, -0.2) is 0 Å². The van der Waals surface area contributed by atoms with Gasteiger partial charge in [-0.15, -0.1) is 23.7 Å². The monoisotopic (exact) mass is 219 g/mol. The molecule has 3 heteroatoms. The summed E-state index contributed by atoms with van der Waals surface area (Å²) in [6.45, 7) is 8.78. The molecule has 0 bridgehead atoms. The van der Waals surface area contributed by atoms with Crippen molar-refractivity contribution in [2.24, 2.45) is 0 Å². The first-order valence-corrected chi connectivity index (χ1v) is 5.23. The molecule has 1 nitrogen and oxygen atoms in total. The second-order valence-corrected chi connectivity index (χ2v) is 4.89. The molecule has 0 atom stereocenters. The van der Waals surface area contributed by atoms with Crippen molar-refractivity contribution in [2.45, 2.75) is 39.5 Å². The molecule has 13 heavy (non-hydrogen) atoms. The van der Waals surface area contributed by atoms with Gasteiger partial charge in [-0.3, -0.25) is 0 Å². The summed E-state index contributed by atoms with van der Waals surface area (Å²) in [6, 6.07) is 2.12. The third-order valence-electron chi connectivity index (χ3n) is 1.90. The average Bonchev–Trinajstić information content (AvgIpc) is 2.30. The van der Waals surface area contributed by atoms with Crippen LogP contribution in [0.15, 0.2) is 6.07 Å². The van der Waals surface area contributed by atoms with Crippen molar-refractivity contribution < 1.29 is 0 Å². The van der Waals surface area contributed by atoms with Crippen molar-refractivity contribution in [1.82, 2.24) is 0 Å². The van der Waals surface area contributed by atoms with Gasteiger partial charge in [0.25, 0.3) is 0 Å². The minimum Gasteiger partial charge on any atom is -0.398 e. The third kappa shape index (κ3) is 2.89. The normalized spacial score (nSPS) is 10.6. The van der Waals surface area contributed by atoms with Crippen LogP contribution in [0.1, 0.15) is 49.3 Å². The number of halogens is 1. The van der Waals surface area contributed by atoms with Crippen LogP contribution in [-0.2, 0) is 0 Å². The van der Waals surface area contributed by atoms with Crippen molar-refractivity contribution in [2.75, 3.05) is 5.73 Å². The maximum absolute atomic E-state index is 5.89. The van der Waals surface area contributed by atoms with Gasteiger partial charge in [-0.05, 0) is 17.9 Å². The molecule has 0 amide bonds. The first-order chi connectivity index (χ1) is 5.52. The molecule has 0 saturated heterocycles. The number of thiophene rings is 1. The number of hydrogen-bond donors (Lipinski definition) is 1. The molecule has 1 heterocycles. The molecule has 0 spiro atoms. The Morgan fingerprint density at radius 2 is 1.69 bits per heavy atom. The van der Waals surface area contributed by atoms with Crippen molar-refractivity contribution >= 4 is 29.4 Å². The second kappa shape index (κ2) is 4.87. The summed E-state index contributed by atoms with van der Waals surface area (Å²) in [4.78, 5) is 2.73. The lowest BCUT2D eigenvalue weighted by Crippen LogP contribution is -1.89. The molecule has 0 radical (unpaired) electrons. The van der Waals surface area contributed by atoms with E-state index in [0.29, 0.717) is 11.8 Å². The first-order valence-electron chi connectivity index (χ1n) is 4.41. The largest absolute Gasteiger partial charge is 0.398 e. The molecule has 0 aliphatic carbocycles. The van der Waals surface area contributed by atoms with Crippen LogP contribution >= 0.6 is 23.7 Å². The summed E-state index contributed by atoms with van der Waals surface area (Å²) in [5, 5.41) is 0. The van der Waals surface area contributed by atoms with Crippen molar-refractivity contribution in [3.63, 3.8) is 0 Å². The fourth-order valence-electron chi connectivity index (χ4n) is 1.18. The van der Waals surface area contributed by atoms with E-state index >= 15 is 0 Å². The van der Waals surface area contributed by atoms with Gasteiger partial charge in [0.05, 0.1) is 0 Å². The highest BCUT2D eigenvalue weighted by atomic mass is 35.5. The first kappa shape index (κ1) is 12.8. The van der Waals surface area contributed by atoms with Crippen LogP contribution in [0.3, 0.4) is 0 Å². The van der Waals surface area contributed by atoms with E-state index in [2.05, 4.69) is 33.8 Å². The van der Waals surface area contributed by atoms with E-state index < -0.39 is 0 Å². The van der Waals surface area contributed by atoms with Gasteiger partial charge in [0.1, 0.15) is 0 Å². The van der Waals surface area contributed by atoms with Crippen LogP contribution in [0.25, 0.3) is 0 Å². The molecule has 0 aliphatic rings. The molecule has 0 aliphatic heterocycles. The van der Waals surface area contributed by atoms with Gasteiger partial charge in [0.2, 0.25) is 0 Å². The number of nitrogens with two attached hydrogens (primary N) is 1. The van der Waals surface area contributed by atoms with E-state index in [4.69, 9.17) is 5.73 Å². The molecule has 0 unspecified atom stereocenters. The smallest absolute Gasteiger partial charge is 0.0461 e. The third-order valence-corrected chi connectivity index (χ3v) is 3.66. The van der Waals surface area contributed by atoms with Crippen molar-refractivity contribution in [3.8, 4) is 0 Å². The molecule has 1 aromatic heterocycles. The van der Waals surface area contributed by atoms with Crippen LogP contribution in [0, 0.1) is 0 Å². The molecular weight excluding hydrogens is 202 g/mol. The number of nitrogen functional groups attached to an aromatic ring is 1. The Hall–Kier alpha value is -0.210. The Bertz CT molecular complexity index is 266. The Morgan fingerprint density at radius 1 is 1.15 bits per heavy atom. The van der Waals surface area contributed by atoms with Crippen molar-refractivity contribution in [3.05, 3.63) is 15.8 Å². The maximum atomic E-state index is 5.89. The minimum absolute atomic E-state index is 0. The van der Waals surface area contributed by atoms with E-state index in [1.807, 2.05) is 11.3 Å². The Morgan fingerprint density at radius 3 is 1.92 bits per heavy atom. The SMILES string of the molecule is CC(C)c1cc(N)c(C(C)C)s1.Cl. The van der Waals surface area contributed by atoms with E-state index in [9.17, 15) is 0 Å². The summed E-state index contributed by atoms with van der Waals surface area (Å²) < 4.78 is 0. The quantitative estimate of drug-likeness (QED) is 0.800. The predicted octanol–water partition coefficient (Wildman–Crippen LogP) is 4.00. The zero-order valence-corrected chi connectivity index (χ0v) is 10.3. The van der Waals surface area contributed by atoms with Gasteiger partial charge in [-0.1, -0.05) is 27.7 Å². The highest BCUT2D eigenvalue weighted by Crippen LogP contribution is 2.34. The van der Waals surface area contributed by atoms with E-state index in [1.54, 1.807) is 0 Å². The van der Waals surface area contributed by atoms with E-state index in [1.165, 1.54) is 9.75 Å². The highest BCUT2D eigenvalue weighted by molar-refractivity contribution is 7.12. The molecular formula is C10H18ClNS. The summed E-state index contributed by atoms with van der Waals surface area (Å²) in [6.07, 6.45) is 0. The maximum Gasteiger partial charge on any atom is 0.0461 e. The topological polar surface area (TPSA) is 26.0 Å². The molecule has 0 aromatic carbocycles. The fourth-order valence-corrected chi connectivity index (χ4v) is 2.26. The predicted molar refractivity (Wildman–Crippen MR) is 64.2 cm³/mol. The zero-order valence-electron chi connectivity index (χ0n) is 8.63. The second-order valence-electron chi connectivity index (χ2n) is 3.78. The molecule has 2 N–H and O–H groups in total. The highest BCUT2D eigenvalue weighted by Gasteiger charge is 2.11. The lowest BCUT2D eigenvalue weighted by Gasteiger charge is -2.01. The lowest BCUT2D eigenvalue weighted by atomic mass is 10.1. The van der Waals surface area contributed by atoms with Crippen LogP contribution in [-0.4, -0.2) is 0 Å². The van der Waals surface area contributed by atoms with Crippen LogP contribution in [0.5, 0.6) is 0 Å². The van der Waals surface area contributed by atoms with Gasteiger partial charge in [0, 0.05) is 15.4 Å². The molecule has 1 aromatic rings. The molecule has 0 fully saturated rings. The lowest BCUT2D eigenvalue weighted by molar-refractivity contribution is 0.889. The summed E-state index contributed by atoms with van der Waals surface area (Å²) in [5.41, 5.74) is 6.86. The molecule has 1 rings (SSSR count). The minimum atomic E-state index is 0. The van der Waals surface area contributed by atoms with Crippen molar-refractivity contribution in [1.29, 1.82) is 0 Å². The Labute approximate surface area is 90.8 Å². The van der Waals surface area contributed by atoms with Crippen LogP contribution in [0.4, 0.5) is 5.69 Å². The van der Waals surface area contributed by atoms with Gasteiger partial charge < -0.3 is 5.73 Å². The van der Waals surface area contributed by atoms with E-state index in [-0.39, 0.29) is 12.4 Å². The standard InChI is InChI=1S/C10H17NS.ClH/c1-6(2)9-5-8(11)10(12-9)7(3)4;/h5-7H,11H2,1-4H3;1H. The number of anilines is 1. The summed E-state index contributed by atoms with van der Waals surface area (Å²) in [7, 11) is 0. The van der Waals surface area contributed by atoms with Crippen LogP contribution < -0.4 is 5.73 Å². The summed E-state index contributed by atoms with van der Waals surface area (Å²) >= 11 is 1.85. The van der Waals surface area contributed by atoms with Gasteiger partial charge >= 0.3 is 0 Å². The van der Waals surface area contributed by atoms with Gasteiger partial charge in [0.15, 0.2) is 0 Å². The fraction of sp³-hybridized carbons (Fsp3) is 0.600. The molecule has 0 saturated carbocycles. The van der Waals surface area contributed by atoms with Gasteiger partial charge in [-0.2, -0.15) is 0 Å². The molecule has 76 valence electrons. The average molecular weight is 220 g/mol. The Balaban J connectivity index is 0.00000144. The zero-order chi connectivity index (χ0) is 9.30. The Kier molecular flexibility index (Phi) is 4.79.